The fourth-order valence-electron chi connectivity index (χ4n) is 2.95. The van der Waals surface area contributed by atoms with Crippen LogP contribution in [0.2, 0.25) is 0 Å². The van der Waals surface area contributed by atoms with Crippen LogP contribution >= 0.6 is 0 Å². The Morgan fingerprint density at radius 3 is 2.79 bits per heavy atom. The van der Waals surface area contributed by atoms with Gasteiger partial charge in [0.2, 0.25) is 0 Å². The van der Waals surface area contributed by atoms with E-state index in [-0.39, 0.29) is 0 Å². The van der Waals surface area contributed by atoms with Gasteiger partial charge in [-0.2, -0.15) is 0 Å². The molecule has 2 rings (SSSR count). The number of carbonyl (C=O) groups is 1. The van der Waals surface area contributed by atoms with Gasteiger partial charge in [-0.3, -0.25) is 0 Å². The Balaban J connectivity index is 2.03. The lowest BCUT2D eigenvalue weighted by Crippen LogP contribution is -2.20. The second kappa shape index (κ2) is 6.60. The summed E-state index contributed by atoms with van der Waals surface area (Å²) >= 11 is 0. The van der Waals surface area contributed by atoms with Gasteiger partial charge in [0.1, 0.15) is 0 Å². The number of aromatic carboxylic acids is 1. The molecule has 0 heterocycles. The first-order valence-corrected chi connectivity index (χ1v) is 7.29. The summed E-state index contributed by atoms with van der Waals surface area (Å²) in [6.07, 6.45) is 7.36. The predicted octanol–water partition coefficient (Wildman–Crippen LogP) is 4.16. The van der Waals surface area contributed by atoms with E-state index in [2.05, 4.69) is 12.2 Å². The number of nitrogens with one attached hydrogen (secondary N) is 1. The number of carboxylic acid groups (broad SMARTS) is 1. The van der Waals surface area contributed by atoms with Crippen LogP contribution in [0.4, 0.5) is 5.69 Å². The van der Waals surface area contributed by atoms with E-state index >= 15 is 0 Å². The van der Waals surface area contributed by atoms with Crippen LogP contribution in [-0.2, 0) is 0 Å². The minimum atomic E-state index is -0.858. The van der Waals surface area contributed by atoms with Crippen LogP contribution in [0, 0.1) is 5.92 Å². The van der Waals surface area contributed by atoms with Gasteiger partial charge in [-0.05, 0) is 37.3 Å². The van der Waals surface area contributed by atoms with Crippen molar-refractivity contribution >= 4 is 11.7 Å². The van der Waals surface area contributed by atoms with Gasteiger partial charge in [0.05, 0.1) is 5.56 Å². The Bertz CT molecular complexity index is 431. The normalized spacial score (nSPS) is 23.6. The number of anilines is 1. The van der Waals surface area contributed by atoms with Crippen molar-refractivity contribution in [3.63, 3.8) is 0 Å². The molecule has 1 aromatic carbocycles. The van der Waals surface area contributed by atoms with Crippen molar-refractivity contribution in [3.8, 4) is 0 Å². The Labute approximate surface area is 115 Å². The molecule has 0 bridgehead atoms. The molecule has 104 valence electrons. The molecule has 1 saturated carbocycles. The number of carboxylic acids is 1. The third-order valence-corrected chi connectivity index (χ3v) is 4.18. The molecular formula is C16H23NO2. The van der Waals surface area contributed by atoms with E-state index < -0.39 is 5.97 Å². The molecule has 19 heavy (non-hydrogen) atoms. The topological polar surface area (TPSA) is 49.3 Å². The summed E-state index contributed by atoms with van der Waals surface area (Å²) in [6, 6.07) is 7.61. The molecule has 0 aromatic heterocycles. The van der Waals surface area contributed by atoms with Crippen LogP contribution in [0.25, 0.3) is 0 Å². The highest BCUT2D eigenvalue weighted by atomic mass is 16.4. The smallest absolute Gasteiger partial charge is 0.337 e. The van der Waals surface area contributed by atoms with Crippen molar-refractivity contribution in [1.29, 1.82) is 0 Å². The minimum Gasteiger partial charge on any atom is -0.478 e. The third-order valence-electron chi connectivity index (χ3n) is 4.18. The molecule has 0 saturated heterocycles. The molecule has 1 fully saturated rings. The molecule has 0 amide bonds. The van der Waals surface area contributed by atoms with Crippen LogP contribution in [0.3, 0.4) is 0 Å². The van der Waals surface area contributed by atoms with Gasteiger partial charge in [-0.25, -0.2) is 4.79 Å². The van der Waals surface area contributed by atoms with Crippen LogP contribution in [0.5, 0.6) is 0 Å². The summed E-state index contributed by atoms with van der Waals surface area (Å²) in [5, 5.41) is 12.6. The van der Waals surface area contributed by atoms with Crippen LogP contribution in [0.1, 0.15) is 55.8 Å². The average Bonchev–Trinajstić information content (AvgIpc) is 2.64. The predicted molar refractivity (Wildman–Crippen MR) is 77.7 cm³/mol. The largest absolute Gasteiger partial charge is 0.478 e. The van der Waals surface area contributed by atoms with Crippen LogP contribution in [-0.4, -0.2) is 17.1 Å². The fourth-order valence-corrected chi connectivity index (χ4v) is 2.95. The van der Waals surface area contributed by atoms with E-state index in [1.165, 1.54) is 25.7 Å². The molecular weight excluding hydrogens is 238 g/mol. The molecule has 2 atom stereocenters. The Morgan fingerprint density at radius 1 is 1.26 bits per heavy atom. The number of hydrogen-bond donors (Lipinski definition) is 2. The molecule has 2 unspecified atom stereocenters. The Hall–Kier alpha value is -1.51. The number of benzene rings is 1. The fraction of sp³-hybridized carbons (Fsp3) is 0.562. The second-order valence-electron chi connectivity index (χ2n) is 5.47. The standard InChI is InChI=1S/C16H23NO2/c1-2-12-6-5-7-13(11-10-12)17-15-9-4-3-8-14(15)16(18)19/h3-4,8-9,12-13,17H,2,5-7,10-11H2,1H3,(H,18,19). The summed E-state index contributed by atoms with van der Waals surface area (Å²) in [7, 11) is 0. The summed E-state index contributed by atoms with van der Waals surface area (Å²) in [6.45, 7) is 2.26. The van der Waals surface area contributed by atoms with Gasteiger partial charge in [0, 0.05) is 11.7 Å². The van der Waals surface area contributed by atoms with Crippen LogP contribution in [0.15, 0.2) is 24.3 Å². The van der Waals surface area contributed by atoms with E-state index in [9.17, 15) is 9.90 Å². The monoisotopic (exact) mass is 261 g/mol. The van der Waals surface area contributed by atoms with Crippen molar-refractivity contribution in [2.75, 3.05) is 5.32 Å². The van der Waals surface area contributed by atoms with Gasteiger partial charge >= 0.3 is 5.97 Å². The highest BCUT2D eigenvalue weighted by Crippen LogP contribution is 2.28. The zero-order chi connectivity index (χ0) is 13.7. The molecule has 1 aliphatic carbocycles. The zero-order valence-electron chi connectivity index (χ0n) is 11.6. The van der Waals surface area contributed by atoms with Crippen molar-refractivity contribution in [1.82, 2.24) is 0 Å². The zero-order valence-corrected chi connectivity index (χ0v) is 11.6. The van der Waals surface area contributed by atoms with E-state index in [0.29, 0.717) is 11.6 Å². The van der Waals surface area contributed by atoms with E-state index in [1.54, 1.807) is 12.1 Å². The highest BCUT2D eigenvalue weighted by molar-refractivity contribution is 5.94. The maximum absolute atomic E-state index is 11.2. The Kier molecular flexibility index (Phi) is 4.83. The van der Waals surface area contributed by atoms with Crippen molar-refractivity contribution in [3.05, 3.63) is 29.8 Å². The molecule has 1 aromatic rings. The SMILES string of the molecule is CCC1CCCC(Nc2ccccc2C(=O)O)CC1. The molecule has 2 N–H and O–H groups in total. The quantitative estimate of drug-likeness (QED) is 0.800. The third kappa shape index (κ3) is 3.72. The lowest BCUT2D eigenvalue weighted by molar-refractivity contribution is 0.0698. The Morgan fingerprint density at radius 2 is 2.05 bits per heavy atom. The molecule has 0 aliphatic heterocycles. The lowest BCUT2D eigenvalue weighted by atomic mass is 9.98. The van der Waals surface area contributed by atoms with E-state index in [4.69, 9.17) is 0 Å². The van der Waals surface area contributed by atoms with Crippen LogP contribution < -0.4 is 5.32 Å². The molecule has 0 radical (unpaired) electrons. The van der Waals surface area contributed by atoms with E-state index in [1.807, 2.05) is 12.1 Å². The van der Waals surface area contributed by atoms with Crippen molar-refractivity contribution in [2.24, 2.45) is 5.92 Å². The van der Waals surface area contributed by atoms with E-state index in [0.717, 1.165) is 24.4 Å². The maximum Gasteiger partial charge on any atom is 0.337 e. The average molecular weight is 261 g/mol. The summed E-state index contributed by atoms with van der Waals surface area (Å²) in [5.41, 5.74) is 1.13. The minimum absolute atomic E-state index is 0.374. The lowest BCUT2D eigenvalue weighted by Gasteiger charge is -2.19. The van der Waals surface area contributed by atoms with Crippen molar-refractivity contribution in [2.45, 2.75) is 51.5 Å². The van der Waals surface area contributed by atoms with Gasteiger partial charge in [0.25, 0.3) is 0 Å². The molecule has 1 aliphatic rings. The summed E-state index contributed by atoms with van der Waals surface area (Å²) < 4.78 is 0. The van der Waals surface area contributed by atoms with Gasteiger partial charge < -0.3 is 10.4 Å². The number of para-hydroxylation sites is 1. The van der Waals surface area contributed by atoms with Gasteiger partial charge in [0.15, 0.2) is 0 Å². The molecule has 0 spiro atoms. The summed E-state index contributed by atoms with van der Waals surface area (Å²) in [5.74, 6) is -0.00956. The summed E-state index contributed by atoms with van der Waals surface area (Å²) in [4.78, 5) is 11.2. The molecule has 3 heteroatoms. The van der Waals surface area contributed by atoms with Crippen molar-refractivity contribution < 1.29 is 9.90 Å². The second-order valence-corrected chi connectivity index (χ2v) is 5.47. The first-order valence-electron chi connectivity index (χ1n) is 7.29. The first-order chi connectivity index (χ1) is 9.20. The first kappa shape index (κ1) is 13.9. The maximum atomic E-state index is 11.2. The molecule has 3 nitrogen and oxygen atoms in total. The number of hydrogen-bond acceptors (Lipinski definition) is 2. The number of rotatable bonds is 4. The van der Waals surface area contributed by atoms with Gasteiger partial charge in [-0.15, -0.1) is 0 Å². The van der Waals surface area contributed by atoms with Gasteiger partial charge in [-0.1, -0.05) is 38.3 Å². The highest BCUT2D eigenvalue weighted by Gasteiger charge is 2.19.